The molecule has 2 rings (SSSR count). The van der Waals surface area contributed by atoms with Crippen molar-refractivity contribution in [2.24, 2.45) is 0 Å². The minimum absolute atomic E-state index is 0. The van der Waals surface area contributed by atoms with Crippen LogP contribution in [-0.2, 0) is 17.6 Å². The fourth-order valence-electron chi connectivity index (χ4n) is 2.40. The van der Waals surface area contributed by atoms with E-state index >= 15 is 0 Å². The van der Waals surface area contributed by atoms with Gasteiger partial charge >= 0.3 is 0 Å². The first-order chi connectivity index (χ1) is 8.69. The molecule has 1 atom stereocenters. The number of nitrogens with one attached hydrogen (secondary N) is 1. The maximum atomic E-state index is 12.2. The summed E-state index contributed by atoms with van der Waals surface area (Å²) in [6.45, 7) is 6.82. The summed E-state index contributed by atoms with van der Waals surface area (Å²) >= 11 is 0. The number of halogens is 1. The van der Waals surface area contributed by atoms with Crippen LogP contribution in [0.5, 0.6) is 0 Å². The van der Waals surface area contributed by atoms with Crippen molar-refractivity contribution in [1.82, 2.24) is 10.2 Å². The van der Waals surface area contributed by atoms with Crippen molar-refractivity contribution in [3.8, 4) is 0 Å². The van der Waals surface area contributed by atoms with E-state index in [0.717, 1.165) is 31.6 Å². The first-order valence-corrected chi connectivity index (χ1v) is 6.78. The molecule has 19 heavy (non-hydrogen) atoms. The fraction of sp³-hybridized carbons (Fsp3) is 0.533. The van der Waals surface area contributed by atoms with Gasteiger partial charge in [-0.1, -0.05) is 31.2 Å². The molecule has 0 aliphatic carbocycles. The quantitative estimate of drug-likeness (QED) is 0.920. The lowest BCUT2D eigenvalue weighted by atomic mass is 10.1. The van der Waals surface area contributed by atoms with Gasteiger partial charge in [0, 0.05) is 25.7 Å². The van der Waals surface area contributed by atoms with Gasteiger partial charge in [0.2, 0.25) is 5.91 Å². The fourth-order valence-corrected chi connectivity index (χ4v) is 2.40. The third-order valence-electron chi connectivity index (χ3n) is 3.48. The molecule has 106 valence electrons. The lowest BCUT2D eigenvalue weighted by Crippen LogP contribution is -2.51. The molecule has 0 bridgehead atoms. The lowest BCUT2D eigenvalue weighted by Gasteiger charge is -2.32. The van der Waals surface area contributed by atoms with Crippen LogP contribution in [0, 0.1) is 0 Å². The molecule has 1 aromatic carbocycles. The Bertz CT molecular complexity index is 422. The molecular weight excluding hydrogens is 260 g/mol. The number of nitrogens with zero attached hydrogens (tertiary/aromatic N) is 1. The third kappa shape index (κ3) is 4.51. The van der Waals surface area contributed by atoms with E-state index < -0.39 is 0 Å². The van der Waals surface area contributed by atoms with Gasteiger partial charge in [0.1, 0.15) is 0 Å². The van der Waals surface area contributed by atoms with Crippen molar-refractivity contribution in [3.63, 3.8) is 0 Å². The molecule has 0 radical (unpaired) electrons. The number of piperazine rings is 1. The minimum atomic E-state index is 0. The summed E-state index contributed by atoms with van der Waals surface area (Å²) in [5, 5.41) is 3.36. The van der Waals surface area contributed by atoms with Gasteiger partial charge in [0.25, 0.3) is 0 Å². The normalized spacial score (nSPS) is 18.8. The number of hydrogen-bond donors (Lipinski definition) is 1. The summed E-state index contributed by atoms with van der Waals surface area (Å²) in [6.07, 6.45) is 1.55. The second-order valence-corrected chi connectivity index (χ2v) is 5.05. The second kappa shape index (κ2) is 7.51. The Labute approximate surface area is 121 Å². The zero-order chi connectivity index (χ0) is 13.0. The topological polar surface area (TPSA) is 32.3 Å². The summed E-state index contributed by atoms with van der Waals surface area (Å²) in [6, 6.07) is 8.75. The Morgan fingerprint density at radius 3 is 2.84 bits per heavy atom. The van der Waals surface area contributed by atoms with Crippen molar-refractivity contribution in [3.05, 3.63) is 35.4 Å². The van der Waals surface area contributed by atoms with Gasteiger partial charge < -0.3 is 10.2 Å². The van der Waals surface area contributed by atoms with Gasteiger partial charge in [-0.3, -0.25) is 4.79 Å². The molecule has 1 aliphatic rings. The molecule has 0 spiro atoms. The van der Waals surface area contributed by atoms with E-state index in [1.807, 2.05) is 17.0 Å². The van der Waals surface area contributed by atoms with Crippen LogP contribution in [-0.4, -0.2) is 36.5 Å². The van der Waals surface area contributed by atoms with Crippen molar-refractivity contribution < 1.29 is 4.79 Å². The Hall–Kier alpha value is -1.06. The van der Waals surface area contributed by atoms with Crippen molar-refractivity contribution >= 4 is 18.3 Å². The SMILES string of the molecule is CCc1cccc(CC(=O)N2CCN[C@H](C)C2)c1.Cl. The predicted octanol–water partition coefficient (Wildman–Crippen LogP) is 2.03. The van der Waals surface area contributed by atoms with Crippen LogP contribution in [0.15, 0.2) is 24.3 Å². The highest BCUT2D eigenvalue weighted by molar-refractivity contribution is 5.85. The smallest absolute Gasteiger partial charge is 0.227 e. The average molecular weight is 283 g/mol. The van der Waals surface area contributed by atoms with Crippen molar-refractivity contribution in [2.45, 2.75) is 32.7 Å². The molecule has 0 saturated carbocycles. The highest BCUT2D eigenvalue weighted by Gasteiger charge is 2.20. The Morgan fingerprint density at radius 1 is 1.42 bits per heavy atom. The van der Waals surface area contributed by atoms with E-state index in [0.29, 0.717) is 12.5 Å². The van der Waals surface area contributed by atoms with Gasteiger partial charge in [-0.25, -0.2) is 0 Å². The molecule has 0 unspecified atom stereocenters. The number of amides is 1. The monoisotopic (exact) mass is 282 g/mol. The molecule has 1 aromatic rings. The molecule has 1 aliphatic heterocycles. The number of carbonyl (C=O) groups excluding carboxylic acids is 1. The van der Waals surface area contributed by atoms with Crippen LogP contribution in [0.1, 0.15) is 25.0 Å². The number of carbonyl (C=O) groups is 1. The highest BCUT2D eigenvalue weighted by Crippen LogP contribution is 2.09. The summed E-state index contributed by atoms with van der Waals surface area (Å²) in [5.41, 5.74) is 2.43. The average Bonchev–Trinajstić information content (AvgIpc) is 2.39. The summed E-state index contributed by atoms with van der Waals surface area (Å²) in [4.78, 5) is 14.2. The van der Waals surface area contributed by atoms with E-state index in [2.05, 4.69) is 31.3 Å². The van der Waals surface area contributed by atoms with E-state index in [9.17, 15) is 4.79 Å². The van der Waals surface area contributed by atoms with E-state index in [1.54, 1.807) is 0 Å². The molecule has 1 N–H and O–H groups in total. The molecular formula is C15H23ClN2O. The number of rotatable bonds is 3. The molecule has 1 fully saturated rings. The largest absolute Gasteiger partial charge is 0.340 e. The van der Waals surface area contributed by atoms with Gasteiger partial charge in [0.05, 0.1) is 6.42 Å². The van der Waals surface area contributed by atoms with Gasteiger partial charge in [-0.15, -0.1) is 12.4 Å². The Kier molecular flexibility index (Phi) is 6.32. The van der Waals surface area contributed by atoms with Crippen molar-refractivity contribution in [2.75, 3.05) is 19.6 Å². The van der Waals surface area contributed by atoms with Crippen LogP contribution >= 0.6 is 12.4 Å². The summed E-state index contributed by atoms with van der Waals surface area (Å²) in [5.74, 6) is 0.247. The zero-order valence-electron chi connectivity index (χ0n) is 11.7. The lowest BCUT2D eigenvalue weighted by molar-refractivity contribution is -0.131. The summed E-state index contributed by atoms with van der Waals surface area (Å²) < 4.78 is 0. The van der Waals surface area contributed by atoms with Crippen molar-refractivity contribution in [1.29, 1.82) is 0 Å². The van der Waals surface area contributed by atoms with Gasteiger partial charge in [0.15, 0.2) is 0 Å². The number of hydrogen-bond acceptors (Lipinski definition) is 2. The van der Waals surface area contributed by atoms with Crippen LogP contribution in [0.2, 0.25) is 0 Å². The van der Waals surface area contributed by atoms with Gasteiger partial charge in [-0.05, 0) is 24.5 Å². The molecule has 1 heterocycles. The molecule has 3 nitrogen and oxygen atoms in total. The van der Waals surface area contributed by atoms with E-state index in [1.165, 1.54) is 5.56 Å². The Balaban J connectivity index is 0.00000180. The molecule has 4 heteroatoms. The standard InChI is InChI=1S/C15H22N2O.ClH/c1-3-13-5-4-6-14(9-13)10-15(18)17-8-7-16-12(2)11-17;/h4-6,9,12,16H,3,7-8,10-11H2,1-2H3;1H/t12-;/m1./s1. The van der Waals surface area contributed by atoms with Crippen LogP contribution in [0.25, 0.3) is 0 Å². The van der Waals surface area contributed by atoms with Crippen LogP contribution in [0.3, 0.4) is 0 Å². The third-order valence-corrected chi connectivity index (χ3v) is 3.48. The molecule has 1 amide bonds. The first kappa shape index (κ1) is 16.0. The maximum Gasteiger partial charge on any atom is 0.227 e. The van der Waals surface area contributed by atoms with E-state index in [-0.39, 0.29) is 18.3 Å². The Morgan fingerprint density at radius 2 is 2.16 bits per heavy atom. The summed E-state index contributed by atoms with van der Waals surface area (Å²) in [7, 11) is 0. The van der Waals surface area contributed by atoms with E-state index in [4.69, 9.17) is 0 Å². The second-order valence-electron chi connectivity index (χ2n) is 5.05. The minimum Gasteiger partial charge on any atom is -0.340 e. The van der Waals surface area contributed by atoms with Crippen LogP contribution < -0.4 is 5.32 Å². The number of aryl methyl sites for hydroxylation is 1. The predicted molar refractivity (Wildman–Crippen MR) is 80.8 cm³/mol. The number of benzene rings is 1. The first-order valence-electron chi connectivity index (χ1n) is 6.78. The van der Waals surface area contributed by atoms with Gasteiger partial charge in [-0.2, -0.15) is 0 Å². The molecule has 0 aromatic heterocycles. The zero-order valence-corrected chi connectivity index (χ0v) is 12.5. The maximum absolute atomic E-state index is 12.2. The van der Waals surface area contributed by atoms with Crippen LogP contribution in [0.4, 0.5) is 0 Å². The molecule has 1 saturated heterocycles. The highest BCUT2D eigenvalue weighted by atomic mass is 35.5.